The lowest BCUT2D eigenvalue weighted by Gasteiger charge is -2.32. The zero-order valence-corrected chi connectivity index (χ0v) is 18.0. The number of ether oxygens (including phenoxy) is 1. The second-order valence-corrected chi connectivity index (χ2v) is 10.0. The van der Waals surface area contributed by atoms with Crippen LogP contribution in [0.2, 0.25) is 0 Å². The molecule has 1 aliphatic heterocycles. The Morgan fingerprint density at radius 1 is 0.933 bits per heavy atom. The van der Waals surface area contributed by atoms with Crippen LogP contribution in [0.4, 0.5) is 5.69 Å². The lowest BCUT2D eigenvalue weighted by molar-refractivity contribution is -0.144. The van der Waals surface area contributed by atoms with Gasteiger partial charge in [0.05, 0.1) is 19.1 Å². The molecule has 1 aliphatic rings. The number of para-hydroxylation sites is 1. The highest BCUT2D eigenvalue weighted by atomic mass is 31.2. The molecule has 4 nitrogen and oxygen atoms in total. The van der Waals surface area contributed by atoms with E-state index in [2.05, 4.69) is 6.92 Å². The molecular weight excluding hydrogens is 393 g/mol. The number of benzene rings is 3. The molecule has 0 aliphatic carbocycles. The molecule has 30 heavy (non-hydrogen) atoms. The van der Waals surface area contributed by atoms with E-state index in [0.717, 1.165) is 34.7 Å². The Morgan fingerprint density at radius 2 is 1.57 bits per heavy atom. The number of anilines is 1. The summed E-state index contributed by atoms with van der Waals surface area (Å²) in [5, 5.41) is 1.56. The molecule has 0 N–H and O–H groups in total. The van der Waals surface area contributed by atoms with Gasteiger partial charge in [-0.15, -0.1) is 0 Å². The van der Waals surface area contributed by atoms with Crippen LogP contribution in [0, 0.1) is 0 Å². The quantitative estimate of drug-likeness (QED) is 0.300. The Morgan fingerprint density at radius 3 is 2.27 bits per heavy atom. The molecule has 154 valence electrons. The number of carbonyl (C=O) groups is 1. The summed E-state index contributed by atoms with van der Waals surface area (Å²) in [5.41, 5.74) is 1.77. The summed E-state index contributed by atoms with van der Waals surface area (Å²) in [7, 11) is -3.16. The van der Waals surface area contributed by atoms with Gasteiger partial charge in [0.1, 0.15) is 0 Å². The molecule has 2 atom stereocenters. The zero-order chi connectivity index (χ0) is 21.0. The zero-order valence-electron chi connectivity index (χ0n) is 17.1. The maximum atomic E-state index is 14.8. The van der Waals surface area contributed by atoms with E-state index in [1.807, 2.05) is 89.6 Å². The lowest BCUT2D eigenvalue weighted by Crippen LogP contribution is -2.28. The molecule has 3 aromatic rings. The lowest BCUT2D eigenvalue weighted by atomic mass is 10.0. The summed E-state index contributed by atoms with van der Waals surface area (Å²) in [6.07, 6.45) is 1.98. The molecule has 0 radical (unpaired) electrons. The number of nitrogens with zero attached hydrogens (tertiary/aromatic N) is 1. The number of carbonyl (C=O) groups excluding carboxylic acids is 1. The topological polar surface area (TPSA) is 46.6 Å². The molecule has 0 spiro atoms. The number of hydrogen-bond acceptors (Lipinski definition) is 3. The van der Waals surface area contributed by atoms with Gasteiger partial charge in [0, 0.05) is 16.3 Å². The molecule has 5 heteroatoms. The number of esters is 1. The highest BCUT2D eigenvalue weighted by Crippen LogP contribution is 2.60. The summed E-state index contributed by atoms with van der Waals surface area (Å²) in [6, 6.07) is 26.7. The van der Waals surface area contributed by atoms with Gasteiger partial charge in [0.2, 0.25) is 7.29 Å². The molecule has 2 unspecified atom stereocenters. The monoisotopic (exact) mass is 419 g/mol. The minimum absolute atomic E-state index is 0.159. The highest BCUT2D eigenvalue weighted by Gasteiger charge is 2.48. The first-order valence-electron chi connectivity index (χ1n) is 10.4. The van der Waals surface area contributed by atoms with E-state index in [1.165, 1.54) is 0 Å². The Kier molecular flexibility index (Phi) is 6.06. The third-order valence-corrected chi connectivity index (χ3v) is 8.64. The molecular formula is C25H26NO3P. The van der Waals surface area contributed by atoms with Crippen molar-refractivity contribution >= 4 is 29.6 Å². The first-order valence-corrected chi connectivity index (χ1v) is 12.1. The van der Waals surface area contributed by atoms with Crippen molar-refractivity contribution < 1.29 is 14.1 Å². The summed E-state index contributed by atoms with van der Waals surface area (Å²) in [6.45, 7) is 2.49. The minimum Gasteiger partial charge on any atom is -0.466 e. The van der Waals surface area contributed by atoms with Crippen LogP contribution in [0.1, 0.15) is 37.8 Å². The fraction of sp³-hybridized carbons (Fsp3) is 0.240. The van der Waals surface area contributed by atoms with Crippen molar-refractivity contribution in [2.45, 2.75) is 32.2 Å². The van der Waals surface area contributed by atoms with E-state index in [0.29, 0.717) is 6.61 Å². The standard InChI is InChI=1S/C25H26NO3P/c1-2-3-18-29-25(27)19-23-22-16-10-11-17-24(22)30(28,21-14-8-5-9-15-21)26(23)20-12-6-4-7-13-20/h4-17,23H,2-3,18-19H2,1H3. The van der Waals surface area contributed by atoms with Crippen molar-refractivity contribution in [3.05, 3.63) is 90.5 Å². The van der Waals surface area contributed by atoms with Crippen LogP contribution in [0.5, 0.6) is 0 Å². The van der Waals surface area contributed by atoms with Gasteiger partial charge in [-0.3, -0.25) is 9.36 Å². The normalized spacial score (nSPS) is 20.0. The molecule has 0 fully saturated rings. The van der Waals surface area contributed by atoms with E-state index < -0.39 is 7.29 Å². The van der Waals surface area contributed by atoms with Crippen LogP contribution in [-0.4, -0.2) is 12.6 Å². The molecule has 0 amide bonds. The highest BCUT2D eigenvalue weighted by molar-refractivity contribution is 7.80. The molecule has 0 bridgehead atoms. The van der Waals surface area contributed by atoms with Crippen LogP contribution in [0.3, 0.4) is 0 Å². The third-order valence-electron chi connectivity index (χ3n) is 5.47. The molecule has 0 saturated heterocycles. The van der Waals surface area contributed by atoms with Crippen molar-refractivity contribution in [3.8, 4) is 0 Å². The number of unbranched alkanes of at least 4 members (excludes halogenated alkanes) is 1. The second-order valence-electron chi connectivity index (χ2n) is 7.44. The van der Waals surface area contributed by atoms with E-state index >= 15 is 0 Å². The maximum absolute atomic E-state index is 14.8. The van der Waals surface area contributed by atoms with Crippen LogP contribution >= 0.6 is 7.29 Å². The first-order chi connectivity index (χ1) is 14.7. The predicted octanol–water partition coefficient (Wildman–Crippen LogP) is 5.21. The SMILES string of the molecule is CCCCOC(=O)CC1c2ccccc2P(=O)(c2ccccc2)N1c1ccccc1. The Hall–Kier alpha value is -2.84. The summed E-state index contributed by atoms with van der Waals surface area (Å²) in [4.78, 5) is 12.7. The van der Waals surface area contributed by atoms with Gasteiger partial charge in [0.15, 0.2) is 0 Å². The maximum Gasteiger partial charge on any atom is 0.308 e. The van der Waals surface area contributed by atoms with Gasteiger partial charge in [-0.05, 0) is 42.3 Å². The van der Waals surface area contributed by atoms with E-state index in [9.17, 15) is 9.36 Å². The summed E-state index contributed by atoms with van der Waals surface area (Å²) >= 11 is 0. The van der Waals surface area contributed by atoms with Gasteiger partial charge >= 0.3 is 5.97 Å². The van der Waals surface area contributed by atoms with E-state index in [-0.39, 0.29) is 18.4 Å². The van der Waals surface area contributed by atoms with Crippen LogP contribution < -0.4 is 15.3 Å². The average Bonchev–Trinajstić information content (AvgIpc) is 3.04. The Bertz CT molecular complexity index is 1050. The van der Waals surface area contributed by atoms with Gasteiger partial charge in [0.25, 0.3) is 0 Å². The fourth-order valence-corrected chi connectivity index (χ4v) is 7.30. The minimum atomic E-state index is -3.16. The van der Waals surface area contributed by atoms with Crippen LogP contribution in [0.15, 0.2) is 84.9 Å². The second kappa shape index (κ2) is 8.89. The van der Waals surface area contributed by atoms with Gasteiger partial charge < -0.3 is 9.41 Å². The number of fused-ring (bicyclic) bond motifs is 1. The molecule has 4 rings (SSSR count). The number of hydrogen-bond donors (Lipinski definition) is 0. The molecule has 0 saturated carbocycles. The van der Waals surface area contributed by atoms with Gasteiger partial charge in [-0.2, -0.15) is 0 Å². The average molecular weight is 419 g/mol. The van der Waals surface area contributed by atoms with E-state index in [4.69, 9.17) is 4.74 Å². The molecule has 1 heterocycles. The van der Waals surface area contributed by atoms with Crippen molar-refractivity contribution in [2.75, 3.05) is 11.3 Å². The Balaban J connectivity index is 1.82. The number of rotatable bonds is 7. The molecule has 0 aromatic heterocycles. The largest absolute Gasteiger partial charge is 0.466 e. The van der Waals surface area contributed by atoms with Gasteiger partial charge in [-0.1, -0.05) is 67.9 Å². The van der Waals surface area contributed by atoms with Crippen LogP contribution in [0.25, 0.3) is 0 Å². The van der Waals surface area contributed by atoms with Crippen molar-refractivity contribution in [1.29, 1.82) is 0 Å². The van der Waals surface area contributed by atoms with Crippen molar-refractivity contribution in [1.82, 2.24) is 0 Å². The van der Waals surface area contributed by atoms with Gasteiger partial charge in [-0.25, -0.2) is 0 Å². The van der Waals surface area contributed by atoms with Crippen molar-refractivity contribution in [3.63, 3.8) is 0 Å². The molecule has 3 aromatic carbocycles. The Labute approximate surface area is 177 Å². The summed E-state index contributed by atoms with van der Waals surface area (Å²) < 4.78 is 22.2. The smallest absolute Gasteiger partial charge is 0.308 e. The first kappa shape index (κ1) is 20.4. The predicted molar refractivity (Wildman–Crippen MR) is 122 cm³/mol. The van der Waals surface area contributed by atoms with E-state index in [1.54, 1.807) is 0 Å². The van der Waals surface area contributed by atoms with Crippen molar-refractivity contribution in [2.24, 2.45) is 0 Å². The van der Waals surface area contributed by atoms with Crippen LogP contribution in [-0.2, 0) is 14.1 Å². The fourth-order valence-electron chi connectivity index (χ4n) is 4.05. The third kappa shape index (κ3) is 3.68. The summed E-state index contributed by atoms with van der Waals surface area (Å²) in [5.74, 6) is -0.259.